The number of carbonyl (C=O) groups is 2. The van der Waals surface area contributed by atoms with Crippen molar-refractivity contribution >= 4 is 12.4 Å². The van der Waals surface area contributed by atoms with Crippen molar-refractivity contribution in [3.63, 3.8) is 0 Å². The zero-order chi connectivity index (χ0) is 10.4. The summed E-state index contributed by atoms with van der Waals surface area (Å²) in [7, 11) is 0. The van der Waals surface area contributed by atoms with Gasteiger partial charge in [0.1, 0.15) is 5.54 Å². The van der Waals surface area contributed by atoms with Crippen LogP contribution in [-0.2, 0) is 9.59 Å². The van der Waals surface area contributed by atoms with E-state index in [9.17, 15) is 9.59 Å². The molecule has 0 aromatic carbocycles. The molecule has 1 fully saturated rings. The van der Waals surface area contributed by atoms with E-state index in [1.807, 2.05) is 0 Å². The van der Waals surface area contributed by atoms with E-state index in [1.54, 1.807) is 0 Å². The molecule has 4 nitrogen and oxygen atoms in total. The number of rotatable bonds is 3. The van der Waals surface area contributed by atoms with E-state index < -0.39 is 11.5 Å². The van der Waals surface area contributed by atoms with Gasteiger partial charge in [-0.15, -0.1) is 0 Å². The maximum Gasteiger partial charge on any atom is 0.329 e. The van der Waals surface area contributed by atoms with Crippen LogP contribution in [0.5, 0.6) is 0 Å². The van der Waals surface area contributed by atoms with Gasteiger partial charge in [-0.3, -0.25) is 4.79 Å². The molecule has 2 N–H and O–H groups in total. The summed E-state index contributed by atoms with van der Waals surface area (Å²) in [5.74, 6) is -0.897. The highest BCUT2D eigenvalue weighted by molar-refractivity contribution is 5.81. The lowest BCUT2D eigenvalue weighted by molar-refractivity contribution is -0.147. The maximum atomic E-state index is 11.1. The number of nitrogens with one attached hydrogen (secondary N) is 1. The normalized spacial score (nSPS) is 21.7. The van der Waals surface area contributed by atoms with Crippen molar-refractivity contribution in [3.05, 3.63) is 0 Å². The lowest BCUT2D eigenvalue weighted by Crippen LogP contribution is -2.51. The predicted octanol–water partition coefficient (Wildman–Crippen LogP) is 1.30. The first-order chi connectivity index (χ1) is 6.71. The van der Waals surface area contributed by atoms with Gasteiger partial charge in [0.25, 0.3) is 0 Å². The molecule has 14 heavy (non-hydrogen) atoms. The Labute approximate surface area is 83.7 Å². The van der Waals surface area contributed by atoms with E-state index in [0.717, 1.165) is 25.7 Å². The Morgan fingerprint density at radius 2 is 1.64 bits per heavy atom. The number of hydrogen-bond donors (Lipinski definition) is 2. The summed E-state index contributed by atoms with van der Waals surface area (Å²) in [4.78, 5) is 21.5. The van der Waals surface area contributed by atoms with Gasteiger partial charge in [0.05, 0.1) is 0 Å². The maximum absolute atomic E-state index is 11.1. The second-order valence-corrected chi connectivity index (χ2v) is 3.92. The molecule has 0 bridgehead atoms. The smallest absolute Gasteiger partial charge is 0.329 e. The number of amides is 1. The van der Waals surface area contributed by atoms with E-state index in [4.69, 9.17) is 5.11 Å². The van der Waals surface area contributed by atoms with Gasteiger partial charge >= 0.3 is 5.97 Å². The van der Waals surface area contributed by atoms with E-state index >= 15 is 0 Å². The summed E-state index contributed by atoms with van der Waals surface area (Å²) in [5.41, 5.74) is -0.998. The minimum absolute atomic E-state index is 0.510. The molecule has 1 aliphatic carbocycles. The van der Waals surface area contributed by atoms with Gasteiger partial charge < -0.3 is 10.4 Å². The number of carboxylic acids is 1. The molecule has 0 spiro atoms. The topological polar surface area (TPSA) is 66.4 Å². The van der Waals surface area contributed by atoms with Crippen LogP contribution in [-0.4, -0.2) is 23.0 Å². The van der Waals surface area contributed by atoms with E-state index in [0.29, 0.717) is 19.3 Å². The van der Waals surface area contributed by atoms with Crippen LogP contribution in [0.25, 0.3) is 0 Å². The monoisotopic (exact) mass is 199 g/mol. The molecule has 1 saturated carbocycles. The highest BCUT2D eigenvalue weighted by atomic mass is 16.4. The van der Waals surface area contributed by atoms with Crippen LogP contribution in [0.3, 0.4) is 0 Å². The van der Waals surface area contributed by atoms with Crippen LogP contribution >= 0.6 is 0 Å². The standard InChI is InChI=1S/C10H17NO3/c12-8-11-10(9(13)14)6-4-2-1-3-5-7-10/h8H,1-7H2,(H,11,12)(H,13,14). The SMILES string of the molecule is O=CNC1(C(=O)O)CCCCCCC1. The number of hydrogen-bond acceptors (Lipinski definition) is 2. The highest BCUT2D eigenvalue weighted by Gasteiger charge is 2.37. The van der Waals surface area contributed by atoms with E-state index in [1.165, 1.54) is 6.42 Å². The molecule has 1 amide bonds. The van der Waals surface area contributed by atoms with Gasteiger partial charge in [-0.25, -0.2) is 4.79 Å². The Morgan fingerprint density at radius 3 is 2.07 bits per heavy atom. The van der Waals surface area contributed by atoms with Crippen molar-refractivity contribution in [1.82, 2.24) is 5.32 Å². The van der Waals surface area contributed by atoms with Crippen LogP contribution in [0.15, 0.2) is 0 Å². The summed E-state index contributed by atoms with van der Waals surface area (Å²) in [6.07, 6.45) is 6.69. The van der Waals surface area contributed by atoms with Gasteiger partial charge in [0.15, 0.2) is 0 Å². The number of carboxylic acid groups (broad SMARTS) is 1. The van der Waals surface area contributed by atoms with E-state index in [2.05, 4.69) is 5.32 Å². The quantitative estimate of drug-likeness (QED) is 0.673. The summed E-state index contributed by atoms with van der Waals surface area (Å²) in [5, 5.41) is 11.6. The van der Waals surface area contributed by atoms with Crippen molar-refractivity contribution in [2.45, 2.75) is 50.5 Å². The van der Waals surface area contributed by atoms with Gasteiger partial charge in [0, 0.05) is 0 Å². The Kier molecular flexibility index (Phi) is 3.92. The molecular weight excluding hydrogens is 182 g/mol. The zero-order valence-corrected chi connectivity index (χ0v) is 8.29. The lowest BCUT2D eigenvalue weighted by Gasteiger charge is -2.30. The molecule has 0 aromatic heterocycles. The molecule has 0 unspecified atom stereocenters. The highest BCUT2D eigenvalue weighted by Crippen LogP contribution is 2.26. The third kappa shape index (κ3) is 2.47. The Bertz CT molecular complexity index is 207. The Hall–Kier alpha value is -1.06. The molecule has 1 aliphatic rings. The molecular formula is C10H17NO3. The van der Waals surface area contributed by atoms with Crippen LogP contribution in [0, 0.1) is 0 Å². The van der Waals surface area contributed by atoms with Crippen LogP contribution in [0.4, 0.5) is 0 Å². The second kappa shape index (κ2) is 4.98. The fraction of sp³-hybridized carbons (Fsp3) is 0.800. The Morgan fingerprint density at radius 1 is 1.14 bits per heavy atom. The summed E-state index contributed by atoms with van der Waals surface area (Å²) in [6.45, 7) is 0. The van der Waals surface area contributed by atoms with E-state index in [-0.39, 0.29) is 0 Å². The first kappa shape index (κ1) is 11.0. The zero-order valence-electron chi connectivity index (χ0n) is 8.29. The minimum atomic E-state index is -0.998. The fourth-order valence-electron chi connectivity index (χ4n) is 2.04. The molecule has 0 atom stereocenters. The number of carbonyl (C=O) groups excluding carboxylic acids is 1. The van der Waals surface area contributed by atoms with Gasteiger partial charge in [-0.1, -0.05) is 32.1 Å². The molecule has 1 rings (SSSR count). The van der Waals surface area contributed by atoms with Gasteiger partial charge in [0.2, 0.25) is 6.41 Å². The van der Waals surface area contributed by atoms with Crippen LogP contribution in [0.1, 0.15) is 44.9 Å². The predicted molar refractivity (Wildman–Crippen MR) is 51.9 cm³/mol. The molecule has 0 heterocycles. The third-order valence-electron chi connectivity index (χ3n) is 2.95. The molecule has 0 radical (unpaired) electrons. The van der Waals surface area contributed by atoms with Crippen molar-refractivity contribution in [3.8, 4) is 0 Å². The summed E-state index contributed by atoms with van der Waals surface area (Å²) < 4.78 is 0. The first-order valence-corrected chi connectivity index (χ1v) is 5.16. The molecule has 0 aromatic rings. The minimum Gasteiger partial charge on any atom is -0.480 e. The average Bonchev–Trinajstić information content (AvgIpc) is 2.09. The fourth-order valence-corrected chi connectivity index (χ4v) is 2.04. The van der Waals surface area contributed by atoms with Crippen LogP contribution < -0.4 is 5.32 Å². The Balaban J connectivity index is 2.70. The summed E-state index contributed by atoms with van der Waals surface area (Å²) >= 11 is 0. The number of aliphatic carboxylic acids is 1. The molecule has 0 saturated heterocycles. The van der Waals surface area contributed by atoms with Crippen molar-refractivity contribution in [2.75, 3.05) is 0 Å². The molecule has 0 aliphatic heterocycles. The summed E-state index contributed by atoms with van der Waals surface area (Å²) in [6, 6.07) is 0. The first-order valence-electron chi connectivity index (χ1n) is 5.16. The largest absolute Gasteiger partial charge is 0.480 e. The van der Waals surface area contributed by atoms with Crippen molar-refractivity contribution < 1.29 is 14.7 Å². The second-order valence-electron chi connectivity index (χ2n) is 3.92. The molecule has 4 heteroatoms. The molecule has 80 valence electrons. The van der Waals surface area contributed by atoms with Crippen molar-refractivity contribution in [1.29, 1.82) is 0 Å². The third-order valence-corrected chi connectivity index (χ3v) is 2.95. The van der Waals surface area contributed by atoms with Crippen LogP contribution in [0.2, 0.25) is 0 Å². The lowest BCUT2D eigenvalue weighted by atomic mass is 9.84. The van der Waals surface area contributed by atoms with Crippen molar-refractivity contribution in [2.24, 2.45) is 0 Å². The van der Waals surface area contributed by atoms with Gasteiger partial charge in [-0.05, 0) is 12.8 Å². The average molecular weight is 199 g/mol. The van der Waals surface area contributed by atoms with Gasteiger partial charge in [-0.2, -0.15) is 0 Å².